The van der Waals surface area contributed by atoms with E-state index in [9.17, 15) is 9.90 Å². The Hall–Kier alpha value is -1.95. The molecule has 1 unspecified atom stereocenters. The lowest BCUT2D eigenvalue weighted by Gasteiger charge is -2.29. The molecule has 4 N–H and O–H groups in total. The van der Waals surface area contributed by atoms with Crippen LogP contribution in [0.5, 0.6) is 11.5 Å². The van der Waals surface area contributed by atoms with Crippen LogP contribution in [0.2, 0.25) is 0 Å². The van der Waals surface area contributed by atoms with Gasteiger partial charge in [-0.25, -0.2) is 0 Å². The van der Waals surface area contributed by atoms with Gasteiger partial charge in [0, 0.05) is 6.07 Å². The molecule has 1 atom stereocenters. The first-order valence-electron chi connectivity index (χ1n) is 6.25. The number of methoxy groups -OCH3 is 2. The van der Waals surface area contributed by atoms with Gasteiger partial charge in [0.15, 0.2) is 0 Å². The van der Waals surface area contributed by atoms with Crippen LogP contribution in [0.4, 0.5) is 5.69 Å². The van der Waals surface area contributed by atoms with Crippen molar-refractivity contribution in [3.63, 3.8) is 0 Å². The quantitative estimate of drug-likeness (QED) is 0.705. The molecule has 6 nitrogen and oxygen atoms in total. The normalized spacial score (nSPS) is 12.7. The van der Waals surface area contributed by atoms with Gasteiger partial charge in [0.1, 0.15) is 11.5 Å². The zero-order valence-corrected chi connectivity index (χ0v) is 12.5. The maximum Gasteiger partial charge on any atom is 0.254 e. The third-order valence-corrected chi connectivity index (χ3v) is 3.30. The highest BCUT2D eigenvalue weighted by Gasteiger charge is 2.28. The van der Waals surface area contributed by atoms with E-state index in [4.69, 9.17) is 15.2 Å². The van der Waals surface area contributed by atoms with Crippen molar-refractivity contribution in [3.8, 4) is 11.5 Å². The van der Waals surface area contributed by atoms with Gasteiger partial charge in [0.25, 0.3) is 5.91 Å². The van der Waals surface area contributed by atoms with Gasteiger partial charge in [0.2, 0.25) is 0 Å². The van der Waals surface area contributed by atoms with Crippen molar-refractivity contribution >= 4 is 11.6 Å². The summed E-state index contributed by atoms with van der Waals surface area (Å²) < 4.78 is 10.2. The Labute approximate surface area is 118 Å². The number of carbonyl (C=O) groups excluding carboxylic acids is 1. The summed E-state index contributed by atoms with van der Waals surface area (Å²) in [6.45, 7) is 5.06. The number of rotatable bonds is 5. The van der Waals surface area contributed by atoms with Gasteiger partial charge in [-0.15, -0.1) is 0 Å². The molecule has 0 saturated heterocycles. The average molecular weight is 282 g/mol. The molecule has 0 radical (unpaired) electrons. The van der Waals surface area contributed by atoms with Gasteiger partial charge < -0.3 is 25.6 Å². The second-order valence-corrected chi connectivity index (χ2v) is 5.14. The molecule has 20 heavy (non-hydrogen) atoms. The summed E-state index contributed by atoms with van der Waals surface area (Å²) >= 11 is 0. The number of carbonyl (C=O) groups is 1. The van der Waals surface area contributed by atoms with Crippen molar-refractivity contribution < 1.29 is 19.4 Å². The third-order valence-electron chi connectivity index (χ3n) is 3.30. The maximum absolute atomic E-state index is 12.3. The maximum atomic E-state index is 12.3. The van der Waals surface area contributed by atoms with Crippen molar-refractivity contribution in [2.45, 2.75) is 32.4 Å². The Morgan fingerprint density at radius 3 is 2.40 bits per heavy atom. The van der Waals surface area contributed by atoms with Crippen LogP contribution >= 0.6 is 0 Å². The molecule has 112 valence electrons. The highest BCUT2D eigenvalue weighted by molar-refractivity contribution is 6.01. The van der Waals surface area contributed by atoms with Gasteiger partial charge in [-0.2, -0.15) is 0 Å². The van der Waals surface area contributed by atoms with Crippen LogP contribution in [0.1, 0.15) is 31.1 Å². The van der Waals surface area contributed by atoms with Crippen LogP contribution in [0.25, 0.3) is 0 Å². The molecule has 1 amide bonds. The molecule has 1 aromatic carbocycles. The van der Waals surface area contributed by atoms with E-state index in [1.807, 2.05) is 0 Å². The second kappa shape index (κ2) is 6.00. The number of nitrogens with two attached hydrogens (primary N) is 1. The predicted octanol–water partition coefficient (Wildman–Crippen LogP) is 1.18. The molecule has 1 aromatic rings. The van der Waals surface area contributed by atoms with Gasteiger partial charge >= 0.3 is 0 Å². The number of hydrogen-bond donors (Lipinski definition) is 3. The van der Waals surface area contributed by atoms with Crippen molar-refractivity contribution in [3.05, 3.63) is 17.7 Å². The smallest absolute Gasteiger partial charge is 0.254 e. The van der Waals surface area contributed by atoms with Gasteiger partial charge in [-0.1, -0.05) is 0 Å². The summed E-state index contributed by atoms with van der Waals surface area (Å²) in [7, 11) is 2.96. The monoisotopic (exact) mass is 282 g/mol. The zero-order valence-electron chi connectivity index (χ0n) is 12.5. The largest absolute Gasteiger partial charge is 0.497 e. The highest BCUT2D eigenvalue weighted by atomic mass is 16.5. The number of benzene rings is 1. The number of nitrogen functional groups attached to an aromatic ring is 1. The summed E-state index contributed by atoms with van der Waals surface area (Å²) in [5.74, 6) is 0.436. The number of aliphatic hydroxyl groups excluding tert-OH is 1. The Morgan fingerprint density at radius 2 is 1.95 bits per heavy atom. The van der Waals surface area contributed by atoms with E-state index in [-0.39, 0.29) is 11.3 Å². The predicted molar refractivity (Wildman–Crippen MR) is 77.2 cm³/mol. The first kappa shape index (κ1) is 16.1. The standard InChI is InChI=1S/C14H22N2O4/c1-8(17)14(2,3)16-13(18)10-6-9(19-4)7-11(20-5)12(10)15/h6-8,17H,15H2,1-5H3,(H,16,18). The van der Waals surface area contributed by atoms with E-state index in [1.165, 1.54) is 20.3 Å². The Morgan fingerprint density at radius 1 is 1.35 bits per heavy atom. The molecule has 0 heterocycles. The Bertz CT molecular complexity index is 498. The van der Waals surface area contributed by atoms with Crippen molar-refractivity contribution in [1.82, 2.24) is 5.32 Å². The van der Waals surface area contributed by atoms with Crippen LogP contribution < -0.4 is 20.5 Å². The van der Waals surface area contributed by atoms with Gasteiger partial charge in [0.05, 0.1) is 37.1 Å². The summed E-state index contributed by atoms with van der Waals surface area (Å²) in [6.07, 6.45) is -0.708. The number of ether oxygens (including phenoxy) is 2. The minimum absolute atomic E-state index is 0.229. The van der Waals surface area contributed by atoms with Crippen LogP contribution in [0.15, 0.2) is 12.1 Å². The molecule has 0 aromatic heterocycles. The SMILES string of the molecule is COc1cc(OC)c(N)c(C(=O)NC(C)(C)C(C)O)c1. The molecular weight excluding hydrogens is 260 g/mol. The molecule has 1 rings (SSSR count). The first-order chi connectivity index (χ1) is 9.22. The van der Waals surface area contributed by atoms with E-state index >= 15 is 0 Å². The van der Waals surface area contributed by atoms with Crippen LogP contribution in [0.3, 0.4) is 0 Å². The number of aliphatic hydroxyl groups is 1. The zero-order chi connectivity index (χ0) is 15.5. The number of anilines is 1. The van der Waals surface area contributed by atoms with E-state index < -0.39 is 17.6 Å². The van der Waals surface area contributed by atoms with Gasteiger partial charge in [-0.3, -0.25) is 4.79 Å². The van der Waals surface area contributed by atoms with E-state index in [0.717, 1.165) is 0 Å². The third kappa shape index (κ3) is 3.33. The fraction of sp³-hybridized carbons (Fsp3) is 0.500. The van der Waals surface area contributed by atoms with Crippen molar-refractivity contribution in [2.24, 2.45) is 0 Å². The molecule has 0 bridgehead atoms. The second-order valence-electron chi connectivity index (χ2n) is 5.14. The summed E-state index contributed by atoms with van der Waals surface area (Å²) in [5.41, 5.74) is 5.61. The highest BCUT2D eigenvalue weighted by Crippen LogP contribution is 2.31. The molecule has 0 fully saturated rings. The van der Waals surface area contributed by atoms with Crippen molar-refractivity contribution in [1.29, 1.82) is 0 Å². The Kier molecular flexibility index (Phi) is 4.83. The summed E-state index contributed by atoms with van der Waals surface area (Å²) in [6, 6.07) is 3.14. The molecular formula is C14H22N2O4. The molecule has 0 aliphatic carbocycles. The van der Waals surface area contributed by atoms with Crippen LogP contribution in [0, 0.1) is 0 Å². The van der Waals surface area contributed by atoms with E-state index in [2.05, 4.69) is 5.32 Å². The fourth-order valence-electron chi connectivity index (χ4n) is 1.54. The summed E-state index contributed by atoms with van der Waals surface area (Å²) in [4.78, 5) is 12.3. The van der Waals surface area contributed by atoms with Crippen LogP contribution in [-0.4, -0.2) is 36.9 Å². The Balaban J connectivity index is 3.16. The topological polar surface area (TPSA) is 93.8 Å². The number of hydrogen-bond acceptors (Lipinski definition) is 5. The number of nitrogens with one attached hydrogen (secondary N) is 1. The lowest BCUT2D eigenvalue weighted by Crippen LogP contribution is -2.51. The van der Waals surface area contributed by atoms with E-state index in [1.54, 1.807) is 26.8 Å². The molecule has 0 aliphatic heterocycles. The molecule has 0 aliphatic rings. The fourth-order valence-corrected chi connectivity index (χ4v) is 1.54. The minimum Gasteiger partial charge on any atom is -0.497 e. The lowest BCUT2D eigenvalue weighted by atomic mass is 9.98. The summed E-state index contributed by atoms with van der Waals surface area (Å²) in [5, 5.41) is 12.4. The molecule has 0 spiro atoms. The first-order valence-corrected chi connectivity index (χ1v) is 6.25. The lowest BCUT2D eigenvalue weighted by molar-refractivity contribution is 0.0709. The average Bonchev–Trinajstić information content (AvgIpc) is 2.38. The van der Waals surface area contributed by atoms with Crippen molar-refractivity contribution in [2.75, 3.05) is 20.0 Å². The van der Waals surface area contributed by atoms with Crippen LogP contribution in [-0.2, 0) is 0 Å². The number of amides is 1. The van der Waals surface area contributed by atoms with E-state index in [0.29, 0.717) is 11.5 Å². The molecule has 6 heteroatoms. The molecule has 0 saturated carbocycles. The van der Waals surface area contributed by atoms with Gasteiger partial charge in [-0.05, 0) is 26.8 Å². The minimum atomic E-state index is -0.778.